The molecule has 6 nitrogen and oxygen atoms in total. The monoisotopic (exact) mass is 523 g/mol. The number of aryl methyl sites for hydroxylation is 1. The third kappa shape index (κ3) is 4.74. The molecule has 38 heavy (non-hydrogen) atoms. The van der Waals surface area contributed by atoms with Crippen LogP contribution in [0.15, 0.2) is 97.1 Å². The van der Waals surface area contributed by atoms with Crippen LogP contribution < -0.4 is 5.32 Å². The zero-order valence-electron chi connectivity index (χ0n) is 20.3. The summed E-state index contributed by atoms with van der Waals surface area (Å²) < 4.78 is 5.57. The summed E-state index contributed by atoms with van der Waals surface area (Å²) in [6, 6.07) is 27.5. The summed E-state index contributed by atoms with van der Waals surface area (Å²) in [5, 5.41) is 3.07. The van der Waals surface area contributed by atoms with E-state index in [9.17, 15) is 19.2 Å². The fraction of sp³-hybridized carbons (Fsp3) is 0.0968. The number of fused-ring (bicyclic) bond motifs is 1. The maximum atomic E-state index is 14.1. The number of ether oxygens (including phenoxy) is 1. The Bertz CT molecular complexity index is 1580. The molecule has 0 spiro atoms. The van der Waals surface area contributed by atoms with Gasteiger partial charge in [0.2, 0.25) is 5.78 Å². The van der Waals surface area contributed by atoms with Crippen molar-refractivity contribution in [2.24, 2.45) is 5.92 Å². The number of hydrogen-bond donors (Lipinski definition) is 1. The van der Waals surface area contributed by atoms with Gasteiger partial charge in [-0.1, -0.05) is 84.4 Å². The van der Waals surface area contributed by atoms with Gasteiger partial charge in [-0.15, -0.1) is 0 Å². The van der Waals surface area contributed by atoms with Crippen LogP contribution in [0.4, 0.5) is 5.69 Å². The Kier molecular flexibility index (Phi) is 6.90. The normalized spacial score (nSPS) is 14.8. The number of amides is 1. The number of carbonyl (C=O) groups is 4. The number of hydrogen-bond acceptors (Lipinski definition) is 5. The third-order valence-electron chi connectivity index (χ3n) is 6.53. The molecule has 0 saturated carbocycles. The first-order valence-electron chi connectivity index (χ1n) is 11.9. The fourth-order valence-electron chi connectivity index (χ4n) is 4.64. The number of carbonyl (C=O) groups excluding carboxylic acids is 4. The Morgan fingerprint density at radius 3 is 2.24 bits per heavy atom. The molecule has 0 aromatic heterocycles. The SMILES string of the molecule is Cc1cc(Cl)ccc1NC(=O)C(=O)[C@H](C(=O)c1ccccc1-c1ccccc1)[C@H]1OC(=O)c2ccccc21. The van der Waals surface area contributed by atoms with Crippen molar-refractivity contribution in [3.63, 3.8) is 0 Å². The molecule has 0 aliphatic carbocycles. The molecule has 1 heterocycles. The number of benzene rings is 4. The standard InChI is InChI=1S/C31H22ClNO5/c1-18-17-20(32)15-16-25(18)33-30(36)28(35)26(29-23-13-7-8-14-24(23)31(37)38-29)27(34)22-12-6-5-11-21(22)19-9-3-2-4-10-19/h2-17,26,29H,1H3,(H,33,36)/t26-,29-/m0/s1. The van der Waals surface area contributed by atoms with Gasteiger partial charge in [-0.3, -0.25) is 14.4 Å². The van der Waals surface area contributed by atoms with Crippen molar-refractivity contribution in [2.75, 3.05) is 5.32 Å². The summed E-state index contributed by atoms with van der Waals surface area (Å²) in [6.07, 6.45) is -1.25. The van der Waals surface area contributed by atoms with Gasteiger partial charge in [0.25, 0.3) is 5.91 Å². The van der Waals surface area contributed by atoms with Crippen LogP contribution in [-0.2, 0) is 14.3 Å². The number of Topliss-reactive ketones (excluding diaryl/α,β-unsaturated/α-hetero) is 2. The van der Waals surface area contributed by atoms with Crippen LogP contribution in [0.25, 0.3) is 11.1 Å². The molecule has 2 atom stereocenters. The second-order valence-electron chi connectivity index (χ2n) is 8.94. The summed E-state index contributed by atoms with van der Waals surface area (Å²) >= 11 is 6.02. The quantitative estimate of drug-likeness (QED) is 0.134. The van der Waals surface area contributed by atoms with Gasteiger partial charge in [0.15, 0.2) is 5.78 Å². The topological polar surface area (TPSA) is 89.5 Å². The van der Waals surface area contributed by atoms with Gasteiger partial charge in [-0.25, -0.2) is 4.79 Å². The largest absolute Gasteiger partial charge is 0.453 e. The summed E-state index contributed by atoms with van der Waals surface area (Å²) in [6.45, 7) is 1.74. The maximum absolute atomic E-state index is 14.1. The predicted octanol–water partition coefficient (Wildman–Crippen LogP) is 6.23. The van der Waals surface area contributed by atoms with Crippen molar-refractivity contribution in [1.82, 2.24) is 0 Å². The Hall–Kier alpha value is -4.55. The van der Waals surface area contributed by atoms with E-state index in [-0.39, 0.29) is 11.1 Å². The first kappa shape index (κ1) is 25.1. The van der Waals surface area contributed by atoms with Crippen molar-refractivity contribution in [3.05, 3.63) is 124 Å². The molecule has 188 valence electrons. The molecule has 1 N–H and O–H groups in total. The van der Waals surface area contributed by atoms with Gasteiger partial charge in [-0.2, -0.15) is 0 Å². The Morgan fingerprint density at radius 2 is 1.50 bits per heavy atom. The number of halogens is 1. The first-order chi connectivity index (χ1) is 18.3. The highest BCUT2D eigenvalue weighted by molar-refractivity contribution is 6.45. The molecule has 4 aromatic carbocycles. The second-order valence-corrected chi connectivity index (χ2v) is 9.38. The smallest absolute Gasteiger partial charge is 0.339 e. The van der Waals surface area contributed by atoms with Crippen LogP contribution in [0.5, 0.6) is 0 Å². The van der Waals surface area contributed by atoms with Crippen LogP contribution in [0.3, 0.4) is 0 Å². The Morgan fingerprint density at radius 1 is 0.842 bits per heavy atom. The van der Waals surface area contributed by atoms with E-state index >= 15 is 0 Å². The summed E-state index contributed by atoms with van der Waals surface area (Å²) in [5.74, 6) is -4.87. The molecule has 0 radical (unpaired) electrons. The Labute approximate surface area is 224 Å². The highest BCUT2D eigenvalue weighted by atomic mass is 35.5. The molecule has 7 heteroatoms. The molecule has 4 aromatic rings. The van der Waals surface area contributed by atoms with Crippen molar-refractivity contribution >= 4 is 40.7 Å². The van der Waals surface area contributed by atoms with E-state index in [2.05, 4.69) is 5.32 Å². The van der Waals surface area contributed by atoms with Crippen molar-refractivity contribution < 1.29 is 23.9 Å². The van der Waals surface area contributed by atoms with E-state index in [0.717, 1.165) is 5.56 Å². The summed E-state index contributed by atoms with van der Waals surface area (Å²) in [5.41, 5.74) is 3.29. The molecule has 1 aliphatic rings. The lowest BCUT2D eigenvalue weighted by molar-refractivity contribution is -0.138. The van der Waals surface area contributed by atoms with E-state index in [1.165, 1.54) is 0 Å². The number of ketones is 2. The fourth-order valence-corrected chi connectivity index (χ4v) is 4.87. The molecule has 0 fully saturated rings. The van der Waals surface area contributed by atoms with E-state index in [0.29, 0.717) is 27.4 Å². The number of anilines is 1. The average Bonchev–Trinajstić information content (AvgIpc) is 3.26. The Balaban J connectivity index is 1.58. The van der Waals surface area contributed by atoms with E-state index < -0.39 is 35.5 Å². The molecular weight excluding hydrogens is 502 g/mol. The zero-order valence-corrected chi connectivity index (χ0v) is 21.1. The zero-order chi connectivity index (χ0) is 26.8. The lowest BCUT2D eigenvalue weighted by Crippen LogP contribution is -2.38. The van der Waals surface area contributed by atoms with Gasteiger partial charge >= 0.3 is 5.97 Å². The molecular formula is C31H22ClNO5. The van der Waals surface area contributed by atoms with Crippen LogP contribution >= 0.6 is 11.6 Å². The van der Waals surface area contributed by atoms with Gasteiger partial charge in [0, 0.05) is 21.8 Å². The number of cyclic esters (lactones) is 1. The number of nitrogens with one attached hydrogen (secondary N) is 1. The average molecular weight is 524 g/mol. The first-order valence-corrected chi connectivity index (χ1v) is 12.3. The highest BCUT2D eigenvalue weighted by Crippen LogP contribution is 2.39. The third-order valence-corrected chi connectivity index (χ3v) is 6.76. The van der Waals surface area contributed by atoms with Gasteiger partial charge in [0.1, 0.15) is 12.0 Å². The van der Waals surface area contributed by atoms with Gasteiger partial charge < -0.3 is 10.1 Å². The molecule has 0 unspecified atom stereocenters. The lowest BCUT2D eigenvalue weighted by atomic mass is 9.82. The van der Waals surface area contributed by atoms with Gasteiger partial charge in [0.05, 0.1) is 5.56 Å². The molecule has 0 bridgehead atoms. The number of rotatable bonds is 7. The van der Waals surface area contributed by atoms with E-state index in [4.69, 9.17) is 16.3 Å². The van der Waals surface area contributed by atoms with Crippen LogP contribution in [0.1, 0.15) is 37.9 Å². The minimum atomic E-state index is -1.60. The van der Waals surface area contributed by atoms with Crippen molar-refractivity contribution in [1.29, 1.82) is 0 Å². The van der Waals surface area contributed by atoms with Crippen LogP contribution in [-0.4, -0.2) is 23.4 Å². The van der Waals surface area contributed by atoms with E-state index in [1.54, 1.807) is 73.7 Å². The molecule has 5 rings (SSSR count). The molecule has 0 saturated heterocycles. The van der Waals surface area contributed by atoms with Crippen LogP contribution in [0, 0.1) is 12.8 Å². The van der Waals surface area contributed by atoms with Crippen LogP contribution in [0.2, 0.25) is 5.02 Å². The van der Waals surface area contributed by atoms with Crippen molar-refractivity contribution in [2.45, 2.75) is 13.0 Å². The summed E-state index contributed by atoms with van der Waals surface area (Å²) in [7, 11) is 0. The lowest BCUT2D eigenvalue weighted by Gasteiger charge is -2.22. The molecule has 1 amide bonds. The maximum Gasteiger partial charge on any atom is 0.339 e. The number of esters is 1. The minimum Gasteiger partial charge on any atom is -0.453 e. The predicted molar refractivity (Wildman–Crippen MR) is 144 cm³/mol. The minimum absolute atomic E-state index is 0.243. The second kappa shape index (κ2) is 10.4. The highest BCUT2D eigenvalue weighted by Gasteiger charge is 2.46. The summed E-state index contributed by atoms with van der Waals surface area (Å²) in [4.78, 5) is 53.8. The van der Waals surface area contributed by atoms with E-state index in [1.807, 2.05) is 30.3 Å². The van der Waals surface area contributed by atoms with Crippen molar-refractivity contribution in [3.8, 4) is 11.1 Å². The van der Waals surface area contributed by atoms with Gasteiger partial charge in [-0.05, 0) is 47.9 Å². The molecule has 1 aliphatic heterocycles.